The monoisotopic (exact) mass is 183 g/mol. The zero-order valence-electron chi connectivity index (χ0n) is 8.49. The number of nitrogens with zero attached hydrogens (tertiary/aromatic N) is 1. The smallest absolute Gasteiger partial charge is 0.0727 e. The van der Waals surface area contributed by atoms with E-state index >= 15 is 0 Å². The van der Waals surface area contributed by atoms with Gasteiger partial charge < -0.3 is 14.0 Å². The first-order chi connectivity index (χ1) is 6.27. The molecular weight excluding hydrogens is 166 g/mol. The summed E-state index contributed by atoms with van der Waals surface area (Å²) in [6.07, 6.45) is 4.14. The number of ether oxygens (including phenoxy) is 2. The second-order valence-corrected chi connectivity index (χ2v) is 3.20. The molecule has 0 aliphatic rings. The Hall–Kier alpha value is -0.800. The van der Waals surface area contributed by atoms with E-state index < -0.39 is 0 Å². The van der Waals surface area contributed by atoms with Gasteiger partial charge in [0, 0.05) is 26.6 Å². The van der Waals surface area contributed by atoms with E-state index in [9.17, 15) is 0 Å². The second-order valence-electron chi connectivity index (χ2n) is 3.20. The molecule has 0 saturated heterocycles. The third-order valence-corrected chi connectivity index (χ3v) is 2.00. The standard InChI is InChI=1S/C10H17NO2/c1-9(7-12-2)11-5-4-10(6-11)8-13-3/h4-6,9H,7-8H2,1-3H3/t9-/m0/s1. The molecule has 0 fully saturated rings. The van der Waals surface area contributed by atoms with Gasteiger partial charge in [-0.05, 0) is 18.6 Å². The maximum Gasteiger partial charge on any atom is 0.0727 e. The molecular formula is C10H17NO2. The maximum atomic E-state index is 5.08. The topological polar surface area (TPSA) is 23.4 Å². The second kappa shape index (κ2) is 5.04. The average molecular weight is 183 g/mol. The normalized spacial score (nSPS) is 13.2. The Morgan fingerprint density at radius 3 is 2.77 bits per heavy atom. The van der Waals surface area contributed by atoms with Gasteiger partial charge in [0.15, 0.2) is 0 Å². The zero-order valence-corrected chi connectivity index (χ0v) is 8.49. The van der Waals surface area contributed by atoms with Gasteiger partial charge in [-0.3, -0.25) is 0 Å². The molecule has 1 atom stereocenters. The van der Waals surface area contributed by atoms with Gasteiger partial charge in [0.1, 0.15) is 0 Å². The highest BCUT2D eigenvalue weighted by Crippen LogP contribution is 2.10. The molecule has 1 heterocycles. The summed E-state index contributed by atoms with van der Waals surface area (Å²) in [6, 6.07) is 2.45. The minimum Gasteiger partial charge on any atom is -0.383 e. The number of methoxy groups -OCH3 is 2. The lowest BCUT2D eigenvalue weighted by Crippen LogP contribution is -2.08. The van der Waals surface area contributed by atoms with E-state index in [2.05, 4.69) is 30.0 Å². The fourth-order valence-electron chi connectivity index (χ4n) is 1.31. The Morgan fingerprint density at radius 2 is 2.15 bits per heavy atom. The Kier molecular flexibility index (Phi) is 3.99. The Balaban J connectivity index is 2.56. The van der Waals surface area contributed by atoms with Crippen molar-refractivity contribution < 1.29 is 9.47 Å². The molecule has 74 valence electrons. The fourth-order valence-corrected chi connectivity index (χ4v) is 1.31. The summed E-state index contributed by atoms with van der Waals surface area (Å²) in [5.74, 6) is 0. The summed E-state index contributed by atoms with van der Waals surface area (Å²) in [5.41, 5.74) is 1.20. The van der Waals surface area contributed by atoms with E-state index in [1.54, 1.807) is 14.2 Å². The quantitative estimate of drug-likeness (QED) is 0.695. The van der Waals surface area contributed by atoms with E-state index in [1.807, 2.05) is 0 Å². The molecule has 0 bridgehead atoms. The van der Waals surface area contributed by atoms with Crippen LogP contribution in [0.25, 0.3) is 0 Å². The van der Waals surface area contributed by atoms with Crippen molar-refractivity contribution in [2.75, 3.05) is 20.8 Å². The zero-order chi connectivity index (χ0) is 9.68. The molecule has 0 spiro atoms. The molecule has 3 heteroatoms. The lowest BCUT2D eigenvalue weighted by Gasteiger charge is -2.11. The van der Waals surface area contributed by atoms with Crippen LogP contribution in [0, 0.1) is 0 Å². The molecule has 3 nitrogen and oxygen atoms in total. The molecule has 0 saturated carbocycles. The first-order valence-corrected chi connectivity index (χ1v) is 4.42. The van der Waals surface area contributed by atoms with Crippen LogP contribution in [0.15, 0.2) is 18.5 Å². The molecule has 1 aromatic rings. The molecule has 0 aromatic carbocycles. The van der Waals surface area contributed by atoms with E-state index in [0.29, 0.717) is 12.6 Å². The highest BCUT2D eigenvalue weighted by molar-refractivity contribution is 5.09. The van der Waals surface area contributed by atoms with Crippen molar-refractivity contribution in [2.45, 2.75) is 19.6 Å². The largest absolute Gasteiger partial charge is 0.383 e. The van der Waals surface area contributed by atoms with Crippen LogP contribution in [0.5, 0.6) is 0 Å². The van der Waals surface area contributed by atoms with Crippen molar-refractivity contribution in [2.24, 2.45) is 0 Å². The Labute approximate surface area is 79.3 Å². The fraction of sp³-hybridized carbons (Fsp3) is 0.600. The SMILES string of the molecule is COCc1ccn([C@@H](C)COC)c1. The van der Waals surface area contributed by atoms with Crippen molar-refractivity contribution in [3.63, 3.8) is 0 Å². The van der Waals surface area contributed by atoms with Crippen molar-refractivity contribution in [3.8, 4) is 0 Å². The third-order valence-electron chi connectivity index (χ3n) is 2.00. The average Bonchev–Trinajstić information content (AvgIpc) is 2.54. The minimum absolute atomic E-state index is 0.385. The number of hydrogen-bond acceptors (Lipinski definition) is 2. The van der Waals surface area contributed by atoms with Crippen molar-refractivity contribution in [1.82, 2.24) is 4.57 Å². The predicted molar refractivity (Wildman–Crippen MR) is 51.7 cm³/mol. The Morgan fingerprint density at radius 1 is 1.38 bits per heavy atom. The summed E-state index contributed by atoms with van der Waals surface area (Å²) in [5, 5.41) is 0. The summed E-state index contributed by atoms with van der Waals surface area (Å²) in [7, 11) is 3.42. The predicted octanol–water partition coefficient (Wildman–Crippen LogP) is 1.84. The lowest BCUT2D eigenvalue weighted by molar-refractivity contribution is 0.161. The van der Waals surface area contributed by atoms with Gasteiger partial charge >= 0.3 is 0 Å². The van der Waals surface area contributed by atoms with Gasteiger partial charge in [-0.1, -0.05) is 0 Å². The number of hydrogen-bond donors (Lipinski definition) is 0. The summed E-state index contributed by atoms with van der Waals surface area (Å²) >= 11 is 0. The molecule has 0 unspecified atom stereocenters. The van der Waals surface area contributed by atoms with E-state index in [-0.39, 0.29) is 0 Å². The van der Waals surface area contributed by atoms with Crippen molar-refractivity contribution >= 4 is 0 Å². The van der Waals surface area contributed by atoms with Gasteiger partial charge in [0.2, 0.25) is 0 Å². The van der Waals surface area contributed by atoms with Crippen LogP contribution >= 0.6 is 0 Å². The molecule has 13 heavy (non-hydrogen) atoms. The van der Waals surface area contributed by atoms with Gasteiger partial charge in [0.05, 0.1) is 19.3 Å². The molecule has 1 rings (SSSR count). The van der Waals surface area contributed by atoms with Crippen LogP contribution in [-0.2, 0) is 16.1 Å². The van der Waals surface area contributed by atoms with Gasteiger partial charge in [0.25, 0.3) is 0 Å². The highest BCUT2D eigenvalue weighted by Gasteiger charge is 2.03. The summed E-state index contributed by atoms with van der Waals surface area (Å²) in [6.45, 7) is 3.54. The minimum atomic E-state index is 0.385. The number of aromatic nitrogens is 1. The highest BCUT2D eigenvalue weighted by atomic mass is 16.5. The molecule has 1 aromatic heterocycles. The maximum absolute atomic E-state index is 5.08. The van der Waals surface area contributed by atoms with Gasteiger partial charge in [-0.2, -0.15) is 0 Å². The van der Waals surface area contributed by atoms with E-state index in [0.717, 1.165) is 6.61 Å². The van der Waals surface area contributed by atoms with Crippen LogP contribution in [0.3, 0.4) is 0 Å². The van der Waals surface area contributed by atoms with Crippen LogP contribution in [0.4, 0.5) is 0 Å². The molecule has 0 amide bonds. The number of rotatable bonds is 5. The Bertz CT molecular complexity index is 245. The van der Waals surface area contributed by atoms with Gasteiger partial charge in [-0.15, -0.1) is 0 Å². The molecule has 0 aliphatic carbocycles. The first kappa shape index (κ1) is 10.3. The van der Waals surface area contributed by atoms with Crippen molar-refractivity contribution in [1.29, 1.82) is 0 Å². The lowest BCUT2D eigenvalue weighted by atomic mass is 10.3. The molecule has 0 aliphatic heterocycles. The summed E-state index contributed by atoms with van der Waals surface area (Å²) in [4.78, 5) is 0. The van der Waals surface area contributed by atoms with E-state index in [1.165, 1.54) is 5.56 Å². The van der Waals surface area contributed by atoms with Crippen LogP contribution in [0.2, 0.25) is 0 Å². The van der Waals surface area contributed by atoms with Crippen LogP contribution in [0.1, 0.15) is 18.5 Å². The molecule has 0 N–H and O–H groups in total. The summed E-state index contributed by atoms with van der Waals surface area (Å²) < 4.78 is 12.2. The molecule has 0 radical (unpaired) electrons. The van der Waals surface area contributed by atoms with Gasteiger partial charge in [-0.25, -0.2) is 0 Å². The van der Waals surface area contributed by atoms with Crippen molar-refractivity contribution in [3.05, 3.63) is 24.0 Å². The van der Waals surface area contributed by atoms with Crippen LogP contribution in [-0.4, -0.2) is 25.4 Å². The third kappa shape index (κ3) is 2.86. The van der Waals surface area contributed by atoms with E-state index in [4.69, 9.17) is 9.47 Å². The van der Waals surface area contributed by atoms with Crippen LogP contribution < -0.4 is 0 Å². The first-order valence-electron chi connectivity index (χ1n) is 4.42.